The molecule has 2 N–H and O–H groups in total. The molecular formula is C13H12ClN3O3. The zero-order valence-corrected chi connectivity index (χ0v) is 11.4. The number of amides is 1. The van der Waals surface area contributed by atoms with E-state index in [0.29, 0.717) is 5.69 Å². The zero-order chi connectivity index (χ0) is 14.7. The summed E-state index contributed by atoms with van der Waals surface area (Å²) >= 11 is 6.16. The maximum absolute atomic E-state index is 11.9. The average Bonchev–Trinajstić information content (AvgIpc) is 2.72. The molecule has 0 aliphatic heterocycles. The Labute approximate surface area is 120 Å². The van der Waals surface area contributed by atoms with E-state index in [9.17, 15) is 9.59 Å². The fraction of sp³-hybridized carbons (Fsp3) is 0.154. The van der Waals surface area contributed by atoms with Crippen LogP contribution in [0.4, 0.5) is 0 Å². The summed E-state index contributed by atoms with van der Waals surface area (Å²) in [7, 11) is 0. The van der Waals surface area contributed by atoms with Gasteiger partial charge < -0.3 is 10.5 Å². The summed E-state index contributed by atoms with van der Waals surface area (Å²) in [6.45, 7) is 1.14. The smallest absolute Gasteiger partial charge is 0.343 e. The SMILES string of the molecule is Cc1nn(-c2ccccc2)c(Cl)c1C(=O)OCC(N)=O. The van der Waals surface area contributed by atoms with E-state index in [1.54, 1.807) is 19.1 Å². The molecule has 20 heavy (non-hydrogen) atoms. The molecule has 0 radical (unpaired) electrons. The normalized spacial score (nSPS) is 10.3. The first-order chi connectivity index (χ1) is 9.50. The number of nitrogens with two attached hydrogens (primary N) is 1. The van der Waals surface area contributed by atoms with E-state index in [-0.39, 0.29) is 10.7 Å². The molecule has 0 atom stereocenters. The molecule has 0 saturated heterocycles. The highest BCUT2D eigenvalue weighted by Gasteiger charge is 2.22. The van der Waals surface area contributed by atoms with E-state index in [1.807, 2.05) is 18.2 Å². The highest BCUT2D eigenvalue weighted by Crippen LogP contribution is 2.24. The van der Waals surface area contributed by atoms with Crippen molar-refractivity contribution in [2.45, 2.75) is 6.92 Å². The maximum atomic E-state index is 11.9. The minimum atomic E-state index is -0.734. The van der Waals surface area contributed by atoms with Crippen molar-refractivity contribution in [2.75, 3.05) is 6.61 Å². The molecule has 7 heteroatoms. The van der Waals surface area contributed by atoms with Crippen molar-refractivity contribution in [1.82, 2.24) is 9.78 Å². The molecule has 1 aromatic carbocycles. The van der Waals surface area contributed by atoms with Crippen LogP contribution in [0.2, 0.25) is 5.15 Å². The van der Waals surface area contributed by atoms with Crippen LogP contribution < -0.4 is 5.73 Å². The largest absolute Gasteiger partial charge is 0.452 e. The Balaban J connectivity index is 2.34. The summed E-state index contributed by atoms with van der Waals surface area (Å²) in [5.74, 6) is -1.46. The van der Waals surface area contributed by atoms with Crippen molar-refractivity contribution in [3.05, 3.63) is 46.7 Å². The number of esters is 1. The van der Waals surface area contributed by atoms with Crippen molar-refractivity contribution in [3.8, 4) is 5.69 Å². The zero-order valence-electron chi connectivity index (χ0n) is 10.7. The molecule has 0 unspecified atom stereocenters. The number of carbonyl (C=O) groups excluding carboxylic acids is 2. The van der Waals surface area contributed by atoms with E-state index in [2.05, 4.69) is 5.10 Å². The minimum absolute atomic E-state index is 0.122. The monoisotopic (exact) mass is 293 g/mol. The lowest BCUT2D eigenvalue weighted by Crippen LogP contribution is -2.21. The number of para-hydroxylation sites is 1. The van der Waals surface area contributed by atoms with Gasteiger partial charge in [0.05, 0.1) is 11.4 Å². The summed E-state index contributed by atoms with van der Waals surface area (Å²) in [4.78, 5) is 22.5. The van der Waals surface area contributed by atoms with Gasteiger partial charge in [0.15, 0.2) is 6.61 Å². The first-order valence-electron chi connectivity index (χ1n) is 5.76. The summed E-state index contributed by atoms with van der Waals surface area (Å²) < 4.78 is 6.18. The summed E-state index contributed by atoms with van der Waals surface area (Å²) in [5, 5.41) is 4.32. The molecule has 104 valence electrons. The molecule has 0 saturated carbocycles. The number of hydrogen-bond acceptors (Lipinski definition) is 4. The fourth-order valence-corrected chi connectivity index (χ4v) is 2.03. The van der Waals surface area contributed by atoms with E-state index >= 15 is 0 Å². The van der Waals surface area contributed by atoms with E-state index in [4.69, 9.17) is 22.1 Å². The number of hydrogen-bond donors (Lipinski definition) is 1. The third-order valence-electron chi connectivity index (χ3n) is 2.55. The van der Waals surface area contributed by atoms with Crippen LogP contribution >= 0.6 is 11.6 Å². The summed E-state index contributed by atoms with van der Waals surface area (Å²) in [5.41, 5.74) is 6.17. The highest BCUT2D eigenvalue weighted by molar-refractivity contribution is 6.33. The second-order valence-corrected chi connectivity index (χ2v) is 4.40. The Hall–Kier alpha value is -2.34. The number of halogens is 1. The quantitative estimate of drug-likeness (QED) is 0.865. The topological polar surface area (TPSA) is 87.2 Å². The second-order valence-electron chi connectivity index (χ2n) is 4.04. The number of aromatic nitrogens is 2. The van der Waals surface area contributed by atoms with Crippen LogP contribution in [0.1, 0.15) is 16.1 Å². The lowest BCUT2D eigenvalue weighted by Gasteiger charge is -2.03. The van der Waals surface area contributed by atoms with Crippen LogP contribution in [-0.4, -0.2) is 28.3 Å². The van der Waals surface area contributed by atoms with E-state index in [0.717, 1.165) is 5.69 Å². The van der Waals surface area contributed by atoms with Gasteiger partial charge in [-0.05, 0) is 19.1 Å². The predicted molar refractivity (Wildman–Crippen MR) is 72.8 cm³/mol. The standard InChI is InChI=1S/C13H12ClN3O3/c1-8-11(13(19)20-7-10(15)18)12(14)17(16-8)9-5-3-2-4-6-9/h2-6H,7H2,1H3,(H2,15,18). The average molecular weight is 294 g/mol. The lowest BCUT2D eigenvalue weighted by molar-refractivity contribution is -0.121. The Morgan fingerprint density at radius 2 is 2.00 bits per heavy atom. The van der Waals surface area contributed by atoms with E-state index in [1.165, 1.54) is 4.68 Å². The number of nitrogens with zero attached hydrogens (tertiary/aromatic N) is 2. The van der Waals surface area contributed by atoms with Crippen molar-refractivity contribution in [1.29, 1.82) is 0 Å². The predicted octanol–water partition coefficient (Wildman–Crippen LogP) is 1.48. The second kappa shape index (κ2) is 5.75. The van der Waals surface area contributed by atoms with Crippen LogP contribution in [0.3, 0.4) is 0 Å². The highest BCUT2D eigenvalue weighted by atomic mass is 35.5. The van der Waals surface area contributed by atoms with Gasteiger partial charge >= 0.3 is 5.97 Å². The van der Waals surface area contributed by atoms with Crippen LogP contribution in [0, 0.1) is 6.92 Å². The molecule has 1 amide bonds. The molecule has 1 aromatic heterocycles. The van der Waals surface area contributed by atoms with Crippen LogP contribution in [0.25, 0.3) is 5.69 Å². The first-order valence-corrected chi connectivity index (χ1v) is 6.14. The molecule has 2 rings (SSSR count). The third kappa shape index (κ3) is 2.80. The van der Waals surface area contributed by atoms with Gasteiger partial charge in [-0.2, -0.15) is 5.10 Å². The molecule has 0 bridgehead atoms. The Kier molecular flexibility index (Phi) is 4.05. The molecule has 0 fully saturated rings. The van der Waals surface area contributed by atoms with Crippen molar-refractivity contribution < 1.29 is 14.3 Å². The van der Waals surface area contributed by atoms with Gasteiger partial charge in [-0.1, -0.05) is 29.8 Å². The van der Waals surface area contributed by atoms with Gasteiger partial charge in [0.1, 0.15) is 10.7 Å². The number of carbonyl (C=O) groups is 2. The van der Waals surface area contributed by atoms with Crippen molar-refractivity contribution in [3.63, 3.8) is 0 Å². The number of rotatable bonds is 4. The van der Waals surface area contributed by atoms with Gasteiger partial charge in [0.2, 0.25) is 0 Å². The first kappa shape index (κ1) is 14.1. The van der Waals surface area contributed by atoms with Crippen LogP contribution in [-0.2, 0) is 9.53 Å². The maximum Gasteiger partial charge on any atom is 0.343 e. The number of benzene rings is 1. The number of primary amides is 1. The molecule has 0 aliphatic rings. The summed E-state index contributed by atoms with van der Waals surface area (Å²) in [6, 6.07) is 9.12. The molecule has 2 aromatic rings. The Morgan fingerprint density at radius 3 is 2.60 bits per heavy atom. The van der Waals surface area contributed by atoms with Crippen LogP contribution in [0.5, 0.6) is 0 Å². The molecule has 0 spiro atoms. The molecular weight excluding hydrogens is 282 g/mol. The van der Waals surface area contributed by atoms with Gasteiger partial charge in [0, 0.05) is 0 Å². The molecule has 1 heterocycles. The Morgan fingerprint density at radius 1 is 1.35 bits per heavy atom. The number of ether oxygens (including phenoxy) is 1. The van der Waals surface area contributed by atoms with Gasteiger partial charge in [-0.15, -0.1) is 0 Å². The Bertz CT molecular complexity index is 652. The fourth-order valence-electron chi connectivity index (χ4n) is 1.68. The van der Waals surface area contributed by atoms with E-state index < -0.39 is 18.5 Å². The van der Waals surface area contributed by atoms with Crippen LogP contribution in [0.15, 0.2) is 30.3 Å². The van der Waals surface area contributed by atoms with Gasteiger partial charge in [-0.25, -0.2) is 9.48 Å². The summed E-state index contributed by atoms with van der Waals surface area (Å²) in [6.07, 6.45) is 0. The van der Waals surface area contributed by atoms with Gasteiger partial charge in [-0.3, -0.25) is 4.79 Å². The lowest BCUT2D eigenvalue weighted by atomic mass is 10.2. The number of aryl methyl sites for hydroxylation is 1. The van der Waals surface area contributed by atoms with Crippen molar-refractivity contribution in [2.24, 2.45) is 5.73 Å². The molecule has 6 nitrogen and oxygen atoms in total. The van der Waals surface area contributed by atoms with Crippen molar-refractivity contribution >= 4 is 23.5 Å². The molecule has 0 aliphatic carbocycles. The van der Waals surface area contributed by atoms with Gasteiger partial charge in [0.25, 0.3) is 5.91 Å². The minimum Gasteiger partial charge on any atom is -0.452 e. The third-order valence-corrected chi connectivity index (χ3v) is 2.90.